The van der Waals surface area contributed by atoms with E-state index in [1.807, 2.05) is 0 Å². The van der Waals surface area contributed by atoms with Crippen molar-refractivity contribution in [2.45, 2.75) is 77.0 Å². The summed E-state index contributed by atoms with van der Waals surface area (Å²) < 4.78 is 2.41. The molecule has 1 aromatic heterocycles. The van der Waals surface area contributed by atoms with Crippen LogP contribution in [0.4, 0.5) is 17.1 Å². The van der Waals surface area contributed by atoms with Crippen molar-refractivity contribution in [3.8, 4) is 61.3 Å². The van der Waals surface area contributed by atoms with E-state index in [9.17, 15) is 0 Å². The second-order valence-electron chi connectivity index (χ2n) is 27.2. The number of para-hydroxylation sites is 4. The number of nitrogens with zero attached hydrogens (tertiary/aromatic N) is 2. The molecule has 11 aromatic carbocycles. The van der Waals surface area contributed by atoms with Crippen molar-refractivity contribution >= 4 is 49.6 Å². The number of benzene rings is 11. The first-order valence-electron chi connectivity index (χ1n) is 30.5. The van der Waals surface area contributed by atoms with Crippen molar-refractivity contribution in [2.75, 3.05) is 4.90 Å². The maximum atomic E-state index is 2.66. The van der Waals surface area contributed by atoms with Crippen LogP contribution in [0.25, 0.3) is 93.9 Å². The summed E-state index contributed by atoms with van der Waals surface area (Å²) in [6.45, 7) is 14.1. The molecule has 5 aliphatic carbocycles. The molecule has 4 fully saturated rings. The van der Waals surface area contributed by atoms with Gasteiger partial charge in [-0.25, -0.2) is 0 Å². The zero-order valence-corrected chi connectivity index (χ0v) is 48.4. The number of hydrogen-bond acceptors (Lipinski definition) is 1. The highest BCUT2D eigenvalue weighted by molar-refractivity contribution is 6.12. The Kier molecular flexibility index (Phi) is 10.3. The summed E-state index contributed by atoms with van der Waals surface area (Å²) in [6, 6.07) is 92.8. The quantitative estimate of drug-likeness (QED) is 0.147. The number of hydrogen-bond donors (Lipinski definition) is 0. The van der Waals surface area contributed by atoms with Crippen molar-refractivity contribution in [1.82, 2.24) is 4.57 Å². The van der Waals surface area contributed by atoms with Gasteiger partial charge >= 0.3 is 0 Å². The third-order valence-corrected chi connectivity index (χ3v) is 21.4. The molecule has 4 saturated carbocycles. The normalized spacial score (nSPS) is 21.6. The van der Waals surface area contributed by atoms with E-state index in [2.05, 4.69) is 294 Å². The molecule has 1 heterocycles. The SMILES string of the molecule is CC(C)(C)c1cc(-c2cccc3cccc(-c4ccccc4N(c4cccc(-c5ccc6c(c5)c5ccccc5n6-c5ccccc5)c4)c4ccccc4-c4ccc5c(c4)C4(c6ccccc6-5)C5CC6CC7CC4C675)c23)cc(C(C)(C)C)c1. The highest BCUT2D eigenvalue weighted by atomic mass is 15.1. The number of anilines is 3. The molecule has 2 nitrogen and oxygen atoms in total. The average Bonchev–Trinajstić information content (AvgIpc) is 1.56. The van der Waals surface area contributed by atoms with E-state index in [1.165, 1.54) is 124 Å². The third kappa shape index (κ3) is 6.73. The lowest BCUT2D eigenvalue weighted by molar-refractivity contribution is -0.412. The highest BCUT2D eigenvalue weighted by Crippen LogP contribution is 2.95. The largest absolute Gasteiger partial charge is 0.309 e. The lowest BCUT2D eigenvalue weighted by Crippen LogP contribution is -2.88. The maximum Gasteiger partial charge on any atom is 0.0541 e. The van der Waals surface area contributed by atoms with Crippen LogP contribution >= 0.6 is 0 Å². The van der Waals surface area contributed by atoms with E-state index in [1.54, 1.807) is 11.1 Å². The minimum absolute atomic E-state index is 0.0220. The molecule has 0 N–H and O–H groups in total. The van der Waals surface area contributed by atoms with Crippen LogP contribution in [0.2, 0.25) is 0 Å². The average molecular weight is 1070 g/mol. The van der Waals surface area contributed by atoms with Crippen LogP contribution in [0.5, 0.6) is 0 Å². The molecule has 4 unspecified atom stereocenters. The molecule has 5 aliphatic rings. The van der Waals surface area contributed by atoms with E-state index in [4.69, 9.17) is 0 Å². The van der Waals surface area contributed by atoms with Gasteiger partial charge in [-0.05, 0) is 197 Å². The van der Waals surface area contributed by atoms with Gasteiger partial charge in [-0.1, -0.05) is 224 Å². The van der Waals surface area contributed by atoms with Crippen LogP contribution in [-0.2, 0) is 16.2 Å². The zero-order chi connectivity index (χ0) is 55.7. The Morgan fingerprint density at radius 1 is 0.386 bits per heavy atom. The van der Waals surface area contributed by atoms with Crippen molar-refractivity contribution in [1.29, 1.82) is 0 Å². The van der Waals surface area contributed by atoms with E-state index < -0.39 is 0 Å². The van der Waals surface area contributed by atoms with Crippen molar-refractivity contribution < 1.29 is 0 Å². The second kappa shape index (κ2) is 17.4. The minimum atomic E-state index is -0.0220. The second-order valence-corrected chi connectivity index (χ2v) is 27.2. The fourth-order valence-corrected chi connectivity index (χ4v) is 17.6. The predicted molar refractivity (Wildman–Crippen MR) is 349 cm³/mol. The van der Waals surface area contributed by atoms with Gasteiger partial charge < -0.3 is 9.47 Å². The molecule has 17 rings (SSSR count). The monoisotopic (exact) mass is 1070 g/mol. The van der Waals surface area contributed by atoms with Gasteiger partial charge in [0.1, 0.15) is 0 Å². The van der Waals surface area contributed by atoms with Crippen LogP contribution in [0, 0.1) is 29.1 Å². The lowest BCUT2D eigenvalue weighted by atomic mass is 9.11. The van der Waals surface area contributed by atoms with Crippen LogP contribution in [0.3, 0.4) is 0 Å². The van der Waals surface area contributed by atoms with Gasteiger partial charge in [0, 0.05) is 38.7 Å². The molecule has 402 valence electrons. The topological polar surface area (TPSA) is 8.17 Å². The number of rotatable bonds is 8. The first kappa shape index (κ1) is 48.9. The summed E-state index contributed by atoms with van der Waals surface area (Å²) in [5.74, 6) is 3.42. The van der Waals surface area contributed by atoms with Gasteiger partial charge in [0.05, 0.1) is 22.4 Å². The Morgan fingerprint density at radius 3 is 1.70 bits per heavy atom. The van der Waals surface area contributed by atoms with Gasteiger partial charge in [-0.3, -0.25) is 0 Å². The first-order chi connectivity index (χ1) is 40.4. The molecule has 0 saturated heterocycles. The van der Waals surface area contributed by atoms with E-state index >= 15 is 0 Å². The zero-order valence-electron chi connectivity index (χ0n) is 48.4. The molecule has 2 spiro atoms. The van der Waals surface area contributed by atoms with Crippen molar-refractivity contribution in [2.24, 2.45) is 29.1 Å². The third-order valence-electron chi connectivity index (χ3n) is 21.4. The molecule has 83 heavy (non-hydrogen) atoms. The van der Waals surface area contributed by atoms with Crippen molar-refractivity contribution in [3.63, 3.8) is 0 Å². The fraction of sp³-hybridized carbons (Fsp3) is 0.210. The van der Waals surface area contributed by atoms with E-state index in [0.717, 1.165) is 40.7 Å². The minimum Gasteiger partial charge on any atom is -0.309 e. The number of fused-ring (bicyclic) bond motifs is 11. The van der Waals surface area contributed by atoms with E-state index in [-0.39, 0.29) is 16.2 Å². The standard InChI is InChI=1S/C81H68N2/c1-78(2,3)55-41-54(42-56(46-55)79(4,5)6)62-31-19-21-50-22-20-32-67(77(50)62)65-29-12-16-35-72(65)83(60-26-18-23-51(43-60)52-38-40-74-68(44-52)66-30-13-17-36-73(66)82(74)59-24-8-7-9-25-59)71-34-15-11-27-61(71)53-37-39-64-63-28-10-14-33-69(63)81(70(64)45-53)75-48-57-47-58-49-76(81)80(57,58)75/h7-46,57-58,75-76H,47-49H2,1-6H3. The smallest absolute Gasteiger partial charge is 0.0541 e. The number of aromatic nitrogens is 1. The molecule has 12 aromatic rings. The molecular formula is C81H68N2. The Balaban J connectivity index is 0.873. The molecular weight excluding hydrogens is 1000 g/mol. The van der Waals surface area contributed by atoms with E-state index in [0.29, 0.717) is 5.41 Å². The Labute approximate surface area is 488 Å². The van der Waals surface area contributed by atoms with Gasteiger partial charge in [-0.15, -0.1) is 0 Å². The predicted octanol–water partition coefficient (Wildman–Crippen LogP) is 21.6. The van der Waals surface area contributed by atoms with Gasteiger partial charge in [0.15, 0.2) is 0 Å². The molecule has 4 atom stereocenters. The van der Waals surface area contributed by atoms with Crippen molar-refractivity contribution in [3.05, 3.63) is 265 Å². The Bertz CT molecular complexity index is 4610. The van der Waals surface area contributed by atoms with Crippen LogP contribution in [0.15, 0.2) is 243 Å². The van der Waals surface area contributed by atoms with Gasteiger partial charge in [-0.2, -0.15) is 0 Å². The summed E-state index contributed by atoms with van der Waals surface area (Å²) in [5, 5.41) is 4.99. The summed E-state index contributed by atoms with van der Waals surface area (Å²) in [6.07, 6.45) is 4.25. The Morgan fingerprint density at radius 2 is 0.964 bits per heavy atom. The maximum absolute atomic E-state index is 2.66. The molecule has 0 bridgehead atoms. The Hall–Kier alpha value is -8.72. The lowest BCUT2D eigenvalue weighted by Gasteiger charge is -2.92. The van der Waals surface area contributed by atoms with Gasteiger partial charge in [0.25, 0.3) is 0 Å². The van der Waals surface area contributed by atoms with Crippen LogP contribution < -0.4 is 4.90 Å². The molecule has 2 heteroatoms. The highest BCUT2D eigenvalue weighted by Gasteiger charge is 2.90. The molecule has 0 radical (unpaired) electrons. The van der Waals surface area contributed by atoms with Crippen LogP contribution in [-0.4, -0.2) is 4.57 Å². The first-order valence-corrected chi connectivity index (χ1v) is 30.5. The molecule has 0 aliphatic heterocycles. The van der Waals surface area contributed by atoms with Crippen LogP contribution in [0.1, 0.15) is 83.1 Å². The summed E-state index contributed by atoms with van der Waals surface area (Å²) in [7, 11) is 0. The molecule has 0 amide bonds. The summed E-state index contributed by atoms with van der Waals surface area (Å²) >= 11 is 0. The summed E-state index contributed by atoms with van der Waals surface area (Å²) in [4.78, 5) is 2.59. The fourth-order valence-electron chi connectivity index (χ4n) is 17.6. The van der Waals surface area contributed by atoms with Gasteiger partial charge in [0.2, 0.25) is 0 Å². The summed E-state index contributed by atoms with van der Waals surface area (Å²) in [5.41, 5.74) is 26.3.